The van der Waals surface area contributed by atoms with Crippen molar-refractivity contribution in [2.45, 2.75) is 52.1 Å². The van der Waals surface area contributed by atoms with Crippen LogP contribution in [0.15, 0.2) is 58.4 Å². The van der Waals surface area contributed by atoms with Crippen molar-refractivity contribution in [3.8, 4) is 16.8 Å². The summed E-state index contributed by atoms with van der Waals surface area (Å²) >= 11 is 7.85. The second-order valence-electron chi connectivity index (χ2n) is 11.9. The number of hydrogen-bond donors (Lipinski definition) is 2. The molecule has 2 aliphatic rings. The molecule has 1 saturated heterocycles. The molecule has 0 aliphatic carbocycles. The van der Waals surface area contributed by atoms with Crippen molar-refractivity contribution in [2.24, 2.45) is 4.99 Å². The molecule has 0 radical (unpaired) electrons. The van der Waals surface area contributed by atoms with Crippen LogP contribution in [0.1, 0.15) is 70.1 Å². The topological polar surface area (TPSA) is 153 Å². The third-order valence-corrected chi connectivity index (χ3v) is 10.1. The first-order valence-electron chi connectivity index (χ1n) is 15.6. The number of aromatic nitrogens is 5. The fraction of sp³-hybridized carbons (Fsp3) is 0.257. The Bertz CT molecular complexity index is 2340. The molecule has 5 aromatic rings. The van der Waals surface area contributed by atoms with Crippen molar-refractivity contribution < 1.29 is 14.4 Å². The van der Waals surface area contributed by atoms with E-state index in [-0.39, 0.29) is 37.6 Å². The van der Waals surface area contributed by atoms with Crippen LogP contribution in [0.5, 0.6) is 0 Å². The molecular formula is C35H29ClN8O4S. The van der Waals surface area contributed by atoms with Gasteiger partial charge in [-0.05, 0) is 63.1 Å². The smallest absolute Gasteiger partial charge is 0.275 e. The summed E-state index contributed by atoms with van der Waals surface area (Å²) in [5, 5.41) is 20.6. The molecule has 0 spiro atoms. The number of amides is 3. The largest absolute Gasteiger partial charge is 0.345 e. The molecule has 1 unspecified atom stereocenters. The minimum Gasteiger partial charge on any atom is -0.345 e. The monoisotopic (exact) mass is 692 g/mol. The molecule has 7 rings (SSSR count). The van der Waals surface area contributed by atoms with Crippen LogP contribution in [0.2, 0.25) is 5.02 Å². The number of carbonyl (C=O) groups is 3. The Balaban J connectivity index is 1.09. The van der Waals surface area contributed by atoms with Gasteiger partial charge in [0.2, 0.25) is 11.8 Å². The van der Waals surface area contributed by atoms with Crippen molar-refractivity contribution in [2.75, 3.05) is 6.54 Å². The fourth-order valence-corrected chi connectivity index (χ4v) is 7.39. The van der Waals surface area contributed by atoms with Crippen LogP contribution in [-0.2, 0) is 14.4 Å². The van der Waals surface area contributed by atoms with Gasteiger partial charge in [0, 0.05) is 38.4 Å². The molecule has 3 aromatic heterocycles. The second kappa shape index (κ2) is 12.9. The highest BCUT2D eigenvalue weighted by Crippen LogP contribution is 2.39. The molecule has 5 heterocycles. The van der Waals surface area contributed by atoms with Gasteiger partial charge in [-0.15, -0.1) is 21.5 Å². The number of fused-ring (bicyclic) bond motifs is 4. The van der Waals surface area contributed by atoms with Crippen molar-refractivity contribution >= 4 is 57.1 Å². The summed E-state index contributed by atoms with van der Waals surface area (Å²) in [5.41, 5.74) is 3.96. The highest BCUT2D eigenvalue weighted by Gasteiger charge is 2.33. The molecule has 49 heavy (non-hydrogen) atoms. The van der Waals surface area contributed by atoms with Gasteiger partial charge in [0.05, 0.1) is 30.3 Å². The molecule has 2 N–H and O–H groups in total. The third-order valence-electron chi connectivity index (χ3n) is 8.66. The lowest BCUT2D eigenvalue weighted by Gasteiger charge is -2.21. The number of nitrogens with zero attached hydrogens (tertiary/aromatic N) is 6. The number of thiophene rings is 1. The Morgan fingerprint density at radius 1 is 1.10 bits per heavy atom. The molecule has 12 nitrogen and oxygen atoms in total. The van der Waals surface area contributed by atoms with Crippen LogP contribution in [0.3, 0.4) is 0 Å². The Kier molecular flexibility index (Phi) is 8.43. The molecule has 3 amide bonds. The summed E-state index contributed by atoms with van der Waals surface area (Å²) in [4.78, 5) is 56.4. The van der Waals surface area contributed by atoms with E-state index in [1.165, 1.54) is 6.20 Å². The lowest BCUT2D eigenvalue weighted by molar-refractivity contribution is -0.136. The van der Waals surface area contributed by atoms with Crippen molar-refractivity contribution in [1.82, 2.24) is 35.2 Å². The van der Waals surface area contributed by atoms with E-state index < -0.39 is 23.6 Å². The molecule has 2 atom stereocenters. The Hall–Kier alpha value is -5.45. The number of benzene rings is 2. The Morgan fingerprint density at radius 3 is 2.67 bits per heavy atom. The summed E-state index contributed by atoms with van der Waals surface area (Å²) in [5.74, 6) is 6.14. The molecule has 2 aromatic carbocycles. The molecule has 0 bridgehead atoms. The van der Waals surface area contributed by atoms with Crippen LogP contribution in [0, 0.1) is 32.6 Å². The SMILES string of the molecule is Cc1sc2c(c1C)C(c1ccc(Cl)cc1)=N[C@@H](CC(=O)NCC#Cc1ccc3c(=O)n(C4CCC(=O)NC4=O)ncc3c1)c1nnc(C)n1-2. The highest BCUT2D eigenvalue weighted by atomic mass is 35.5. The van der Waals surface area contributed by atoms with Crippen LogP contribution >= 0.6 is 22.9 Å². The normalized spacial score (nSPS) is 16.9. The maximum absolute atomic E-state index is 13.3. The first-order chi connectivity index (χ1) is 23.6. The van der Waals surface area contributed by atoms with E-state index in [0.717, 1.165) is 37.0 Å². The predicted octanol–water partition coefficient (Wildman–Crippen LogP) is 4.05. The summed E-state index contributed by atoms with van der Waals surface area (Å²) in [7, 11) is 0. The van der Waals surface area contributed by atoms with Gasteiger partial charge >= 0.3 is 0 Å². The second-order valence-corrected chi connectivity index (χ2v) is 13.5. The predicted molar refractivity (Wildman–Crippen MR) is 185 cm³/mol. The molecule has 0 saturated carbocycles. The van der Waals surface area contributed by atoms with E-state index in [9.17, 15) is 19.2 Å². The number of aliphatic imine (C=N–C) groups is 1. The quantitative estimate of drug-likeness (QED) is 0.208. The minimum absolute atomic E-state index is 0.0327. The van der Waals surface area contributed by atoms with Gasteiger partial charge in [-0.3, -0.25) is 34.1 Å². The van der Waals surface area contributed by atoms with Gasteiger partial charge in [-0.25, -0.2) is 4.68 Å². The summed E-state index contributed by atoms with van der Waals surface area (Å²) in [6.45, 7) is 6.13. The molecule has 2 aliphatic heterocycles. The van der Waals surface area contributed by atoms with Gasteiger partial charge in [0.25, 0.3) is 11.5 Å². The van der Waals surface area contributed by atoms with E-state index in [2.05, 4.69) is 51.6 Å². The number of piperidine rings is 1. The zero-order valence-corrected chi connectivity index (χ0v) is 28.3. The van der Waals surface area contributed by atoms with Crippen LogP contribution in [0.4, 0.5) is 0 Å². The first kappa shape index (κ1) is 32.1. The molecular weight excluding hydrogens is 664 g/mol. The average Bonchev–Trinajstić information content (AvgIpc) is 3.55. The van der Waals surface area contributed by atoms with Crippen LogP contribution < -0.4 is 16.2 Å². The standard InChI is InChI=1S/C35H29ClN8O4S/c1-18-19(2)49-35-30(18)31(22-7-9-24(36)10-8-22)39-26(32-42-41-20(3)43(32)35)16-29(46)37-14-4-5-21-6-11-25-23(15-21)17-38-44(34(25)48)27-12-13-28(45)40-33(27)47/h6-11,15,17,26-27H,12-14,16H2,1-3H3,(H,37,46)(H,40,45,47)/t26-,27?/m0/s1. The van der Waals surface area contributed by atoms with Crippen molar-refractivity contribution in [3.63, 3.8) is 0 Å². The van der Waals surface area contributed by atoms with Crippen LogP contribution in [-0.4, -0.2) is 54.5 Å². The zero-order valence-electron chi connectivity index (χ0n) is 26.7. The lowest BCUT2D eigenvalue weighted by atomic mass is 9.99. The number of imide groups is 1. The van der Waals surface area contributed by atoms with E-state index in [1.54, 1.807) is 29.5 Å². The van der Waals surface area contributed by atoms with E-state index in [0.29, 0.717) is 33.0 Å². The third kappa shape index (κ3) is 6.05. The lowest BCUT2D eigenvalue weighted by Crippen LogP contribution is -2.45. The summed E-state index contributed by atoms with van der Waals surface area (Å²) in [6.07, 6.45) is 1.89. The number of halogens is 1. The molecule has 1 fully saturated rings. The maximum atomic E-state index is 13.3. The van der Waals surface area contributed by atoms with Crippen molar-refractivity contribution in [1.29, 1.82) is 0 Å². The van der Waals surface area contributed by atoms with Gasteiger partial charge < -0.3 is 5.32 Å². The number of aryl methyl sites for hydroxylation is 2. The maximum Gasteiger partial charge on any atom is 0.275 e. The van der Waals surface area contributed by atoms with Gasteiger partial charge in [0.15, 0.2) is 5.82 Å². The van der Waals surface area contributed by atoms with Gasteiger partial charge in [0.1, 0.15) is 22.9 Å². The van der Waals surface area contributed by atoms with E-state index >= 15 is 0 Å². The molecule has 246 valence electrons. The fourth-order valence-electron chi connectivity index (χ4n) is 6.05. The number of rotatable bonds is 5. The number of hydrogen-bond acceptors (Lipinski definition) is 9. The Labute approximate surface area is 289 Å². The highest BCUT2D eigenvalue weighted by molar-refractivity contribution is 7.15. The minimum atomic E-state index is -0.841. The Morgan fingerprint density at radius 2 is 1.90 bits per heavy atom. The van der Waals surface area contributed by atoms with Gasteiger partial charge in [-0.1, -0.05) is 35.6 Å². The molecule has 14 heteroatoms. The average molecular weight is 693 g/mol. The summed E-state index contributed by atoms with van der Waals surface area (Å²) in [6, 6.07) is 11.1. The van der Waals surface area contributed by atoms with Crippen molar-refractivity contribution in [3.05, 3.63) is 103 Å². The number of nitrogens with one attached hydrogen (secondary N) is 2. The van der Waals surface area contributed by atoms with E-state index in [1.807, 2.05) is 35.8 Å². The van der Waals surface area contributed by atoms with E-state index in [4.69, 9.17) is 16.6 Å². The van der Waals surface area contributed by atoms with Crippen LogP contribution in [0.25, 0.3) is 15.8 Å². The first-order valence-corrected chi connectivity index (χ1v) is 16.8. The number of carbonyl (C=O) groups excluding carboxylic acids is 3. The summed E-state index contributed by atoms with van der Waals surface area (Å²) < 4.78 is 3.12. The van der Waals surface area contributed by atoms with Gasteiger partial charge in [-0.2, -0.15) is 5.10 Å². The zero-order chi connectivity index (χ0) is 34.4.